The molecule has 1 fully saturated rings. The summed E-state index contributed by atoms with van der Waals surface area (Å²) in [5.74, 6) is -1.36. The van der Waals surface area contributed by atoms with Gasteiger partial charge in [-0.2, -0.15) is 4.31 Å². The number of halogens is 2. The maximum absolute atomic E-state index is 14.2. The van der Waals surface area contributed by atoms with E-state index in [0.29, 0.717) is 18.0 Å². The Hall–Kier alpha value is -2.00. The Morgan fingerprint density at radius 2 is 1.93 bits per heavy atom. The number of hydrogen-bond donors (Lipinski definition) is 1. The average Bonchev–Trinajstić information content (AvgIpc) is 2.69. The van der Waals surface area contributed by atoms with Crippen molar-refractivity contribution < 1.29 is 22.3 Å². The van der Waals surface area contributed by atoms with Crippen LogP contribution in [0.5, 0.6) is 0 Å². The number of nitrogens with zero attached hydrogens (tertiary/aromatic N) is 1. The number of ether oxygens (including phenoxy) is 1. The zero-order chi connectivity index (χ0) is 20.1. The lowest BCUT2D eigenvalue weighted by molar-refractivity contribution is 0.0729. The van der Waals surface area contributed by atoms with Gasteiger partial charge < -0.3 is 10.1 Å². The summed E-state index contributed by atoms with van der Waals surface area (Å²) in [5, 5.41) is 3.32. The van der Waals surface area contributed by atoms with Crippen LogP contribution in [0.1, 0.15) is 15.9 Å². The van der Waals surface area contributed by atoms with Gasteiger partial charge in [-0.1, -0.05) is 23.7 Å². The van der Waals surface area contributed by atoms with Crippen molar-refractivity contribution in [2.75, 3.05) is 32.8 Å². The number of hydrogen-bond acceptors (Lipinski definition) is 4. The van der Waals surface area contributed by atoms with Crippen LogP contribution >= 0.6 is 11.6 Å². The second-order valence-electron chi connectivity index (χ2n) is 6.30. The van der Waals surface area contributed by atoms with Crippen LogP contribution in [0.2, 0.25) is 5.02 Å². The predicted octanol–water partition coefficient (Wildman–Crippen LogP) is 2.47. The maximum atomic E-state index is 14.2. The molecule has 0 saturated carbocycles. The van der Waals surface area contributed by atoms with Crippen LogP contribution in [0.25, 0.3) is 0 Å². The smallest absolute Gasteiger partial charge is 0.251 e. The minimum atomic E-state index is -4.03. The molecule has 1 heterocycles. The average molecular weight is 427 g/mol. The summed E-state index contributed by atoms with van der Waals surface area (Å²) in [4.78, 5) is 11.9. The number of nitrogens with one attached hydrogen (secondary N) is 1. The normalized spacial score (nSPS) is 15.4. The van der Waals surface area contributed by atoms with Crippen molar-refractivity contribution in [3.05, 3.63) is 64.4 Å². The maximum Gasteiger partial charge on any atom is 0.251 e. The number of amides is 1. The minimum absolute atomic E-state index is 0.0827. The highest BCUT2D eigenvalue weighted by Gasteiger charge is 2.29. The van der Waals surface area contributed by atoms with Crippen LogP contribution in [0.15, 0.2) is 47.4 Å². The van der Waals surface area contributed by atoms with E-state index in [1.165, 1.54) is 6.07 Å². The predicted molar refractivity (Wildman–Crippen MR) is 103 cm³/mol. The standard InChI is InChI=1S/C19H20ClFN2O4S/c20-16-3-1-2-14(12-16)6-7-22-19(24)15-4-5-17(21)18(13-15)28(25,26)23-8-10-27-11-9-23/h1-5,12-13H,6-11H2,(H,22,24). The van der Waals surface area contributed by atoms with E-state index in [2.05, 4.69) is 5.32 Å². The second kappa shape index (κ2) is 9.00. The molecule has 150 valence electrons. The molecule has 3 rings (SSSR count). The summed E-state index contributed by atoms with van der Waals surface area (Å²) in [6, 6.07) is 10.6. The van der Waals surface area contributed by atoms with Crippen molar-refractivity contribution in [1.82, 2.24) is 9.62 Å². The highest BCUT2D eigenvalue weighted by Crippen LogP contribution is 2.22. The van der Waals surface area contributed by atoms with E-state index in [4.69, 9.17) is 16.3 Å². The molecule has 0 aromatic heterocycles. The van der Waals surface area contributed by atoms with Gasteiger partial charge in [0.25, 0.3) is 5.91 Å². The van der Waals surface area contributed by atoms with Crippen molar-refractivity contribution >= 4 is 27.5 Å². The first-order valence-corrected chi connectivity index (χ1v) is 10.6. The molecule has 0 unspecified atom stereocenters. The molecule has 1 amide bonds. The Bertz CT molecular complexity index is 962. The van der Waals surface area contributed by atoms with E-state index >= 15 is 0 Å². The zero-order valence-electron chi connectivity index (χ0n) is 15.0. The summed E-state index contributed by atoms with van der Waals surface area (Å²) in [7, 11) is -4.03. The summed E-state index contributed by atoms with van der Waals surface area (Å²) < 4.78 is 45.9. The van der Waals surface area contributed by atoms with Gasteiger partial charge in [-0.15, -0.1) is 0 Å². The Labute approximate surface area is 168 Å². The Kier molecular flexibility index (Phi) is 6.66. The highest BCUT2D eigenvalue weighted by molar-refractivity contribution is 7.89. The lowest BCUT2D eigenvalue weighted by Gasteiger charge is -2.26. The SMILES string of the molecule is O=C(NCCc1cccc(Cl)c1)c1ccc(F)c(S(=O)(=O)N2CCOCC2)c1. The Balaban J connectivity index is 1.70. The first kappa shape index (κ1) is 20.7. The van der Waals surface area contributed by atoms with Gasteiger partial charge in [0.2, 0.25) is 10.0 Å². The first-order valence-electron chi connectivity index (χ1n) is 8.78. The molecule has 0 radical (unpaired) electrons. The van der Waals surface area contributed by atoms with Crippen LogP contribution in [-0.4, -0.2) is 51.5 Å². The fourth-order valence-corrected chi connectivity index (χ4v) is 4.59. The fourth-order valence-electron chi connectivity index (χ4n) is 2.88. The number of sulfonamides is 1. The molecule has 0 spiro atoms. The van der Waals surface area contributed by atoms with E-state index in [9.17, 15) is 17.6 Å². The van der Waals surface area contributed by atoms with E-state index in [1.54, 1.807) is 12.1 Å². The van der Waals surface area contributed by atoms with Gasteiger partial charge in [-0.05, 0) is 42.3 Å². The van der Waals surface area contributed by atoms with Crippen molar-refractivity contribution in [2.45, 2.75) is 11.3 Å². The summed E-state index contributed by atoms with van der Waals surface area (Å²) >= 11 is 5.93. The quantitative estimate of drug-likeness (QED) is 0.770. The van der Waals surface area contributed by atoms with Crippen LogP contribution in [0, 0.1) is 5.82 Å². The molecule has 6 nitrogen and oxygen atoms in total. The number of morpholine rings is 1. The number of rotatable bonds is 6. The second-order valence-corrected chi connectivity index (χ2v) is 8.64. The lowest BCUT2D eigenvalue weighted by Crippen LogP contribution is -2.41. The van der Waals surface area contributed by atoms with Gasteiger partial charge in [-0.25, -0.2) is 12.8 Å². The molecule has 28 heavy (non-hydrogen) atoms. The van der Waals surface area contributed by atoms with E-state index < -0.39 is 26.6 Å². The van der Waals surface area contributed by atoms with Crippen molar-refractivity contribution in [3.63, 3.8) is 0 Å². The molecule has 1 N–H and O–H groups in total. The topological polar surface area (TPSA) is 75.7 Å². The number of carbonyl (C=O) groups excluding carboxylic acids is 1. The summed E-state index contributed by atoms with van der Waals surface area (Å²) in [6.45, 7) is 1.15. The van der Waals surface area contributed by atoms with Crippen LogP contribution < -0.4 is 5.32 Å². The van der Waals surface area contributed by atoms with Gasteiger partial charge in [0.1, 0.15) is 10.7 Å². The lowest BCUT2D eigenvalue weighted by atomic mass is 10.1. The monoisotopic (exact) mass is 426 g/mol. The minimum Gasteiger partial charge on any atom is -0.379 e. The van der Waals surface area contributed by atoms with Crippen LogP contribution in [-0.2, 0) is 21.2 Å². The van der Waals surface area contributed by atoms with Crippen molar-refractivity contribution in [1.29, 1.82) is 0 Å². The van der Waals surface area contributed by atoms with Gasteiger partial charge in [0, 0.05) is 30.2 Å². The Morgan fingerprint density at radius 1 is 1.18 bits per heavy atom. The third-order valence-electron chi connectivity index (χ3n) is 4.37. The van der Waals surface area contributed by atoms with Gasteiger partial charge in [0.05, 0.1) is 13.2 Å². The molecule has 1 saturated heterocycles. The summed E-state index contributed by atoms with van der Waals surface area (Å²) in [5.41, 5.74) is 1.04. The molecule has 0 aliphatic carbocycles. The van der Waals surface area contributed by atoms with Gasteiger partial charge in [-0.3, -0.25) is 4.79 Å². The molecule has 1 aliphatic rings. The van der Waals surface area contributed by atoms with Crippen molar-refractivity contribution in [2.24, 2.45) is 0 Å². The van der Waals surface area contributed by atoms with E-state index in [0.717, 1.165) is 22.0 Å². The molecular weight excluding hydrogens is 407 g/mol. The Morgan fingerprint density at radius 3 is 2.64 bits per heavy atom. The third-order valence-corrected chi connectivity index (χ3v) is 6.52. The molecule has 2 aromatic carbocycles. The van der Waals surface area contributed by atoms with E-state index in [1.807, 2.05) is 12.1 Å². The number of benzene rings is 2. The molecule has 9 heteroatoms. The molecule has 2 aromatic rings. The first-order chi connectivity index (χ1) is 13.4. The van der Waals surface area contributed by atoms with Crippen LogP contribution in [0.4, 0.5) is 4.39 Å². The highest BCUT2D eigenvalue weighted by atomic mass is 35.5. The largest absolute Gasteiger partial charge is 0.379 e. The zero-order valence-corrected chi connectivity index (χ0v) is 16.6. The van der Waals surface area contributed by atoms with Crippen LogP contribution in [0.3, 0.4) is 0 Å². The van der Waals surface area contributed by atoms with Crippen molar-refractivity contribution in [3.8, 4) is 0 Å². The summed E-state index contributed by atoms with van der Waals surface area (Å²) in [6.07, 6.45) is 0.562. The molecular formula is C19H20ClFN2O4S. The van der Waals surface area contributed by atoms with Gasteiger partial charge in [0.15, 0.2) is 0 Å². The molecule has 0 atom stereocenters. The number of carbonyl (C=O) groups is 1. The van der Waals surface area contributed by atoms with Gasteiger partial charge >= 0.3 is 0 Å². The molecule has 1 aliphatic heterocycles. The fraction of sp³-hybridized carbons (Fsp3) is 0.316. The molecule has 0 bridgehead atoms. The van der Waals surface area contributed by atoms with E-state index in [-0.39, 0.29) is 31.9 Å². The third kappa shape index (κ3) is 4.88.